The van der Waals surface area contributed by atoms with Crippen LogP contribution < -0.4 is 0 Å². The molecule has 1 aromatic rings. The van der Waals surface area contributed by atoms with Gasteiger partial charge >= 0.3 is 0 Å². The summed E-state index contributed by atoms with van der Waals surface area (Å²) in [5.41, 5.74) is 3.99. The summed E-state index contributed by atoms with van der Waals surface area (Å²) in [4.78, 5) is 0. The fourth-order valence-corrected chi connectivity index (χ4v) is 2.56. The van der Waals surface area contributed by atoms with Gasteiger partial charge in [0.1, 0.15) is 0 Å². The Kier molecular flexibility index (Phi) is 6.22. The van der Waals surface area contributed by atoms with Gasteiger partial charge in [0, 0.05) is 14.2 Å². The van der Waals surface area contributed by atoms with Crippen LogP contribution in [0.3, 0.4) is 0 Å². The van der Waals surface area contributed by atoms with Gasteiger partial charge < -0.3 is 9.47 Å². The highest BCUT2D eigenvalue weighted by Gasteiger charge is 2.20. The molecule has 0 aliphatic carbocycles. The molecule has 1 aromatic carbocycles. The summed E-state index contributed by atoms with van der Waals surface area (Å²) in [7, 11) is 3.57. The molecule has 2 atom stereocenters. The predicted molar refractivity (Wildman–Crippen MR) is 85.2 cm³/mol. The molecule has 0 N–H and O–H groups in total. The van der Waals surface area contributed by atoms with Crippen LogP contribution >= 0.6 is 0 Å². The van der Waals surface area contributed by atoms with E-state index in [0.29, 0.717) is 0 Å². The van der Waals surface area contributed by atoms with Crippen LogP contribution in [0.25, 0.3) is 0 Å². The number of hydrogen-bond donors (Lipinski definition) is 0. The third-order valence-electron chi connectivity index (χ3n) is 3.90. The number of benzene rings is 1. The molecule has 0 fully saturated rings. The standard InChI is InChI=1S/C18H30O2/c1-8-16(19-6)13-10-14(17(9-2)20-7)12-15(11-13)18(3,4)5/h10-12,16-17H,8-9H2,1-7H3. The lowest BCUT2D eigenvalue weighted by molar-refractivity contribution is 0.0944. The largest absolute Gasteiger partial charge is 0.377 e. The Balaban J connectivity index is 3.34. The van der Waals surface area contributed by atoms with E-state index < -0.39 is 0 Å². The monoisotopic (exact) mass is 278 g/mol. The Morgan fingerprint density at radius 2 is 1.25 bits per heavy atom. The number of hydrogen-bond acceptors (Lipinski definition) is 2. The molecule has 0 spiro atoms. The van der Waals surface area contributed by atoms with Gasteiger partial charge in [-0.1, -0.05) is 52.8 Å². The maximum atomic E-state index is 5.61. The fraction of sp³-hybridized carbons (Fsp3) is 0.667. The summed E-state index contributed by atoms with van der Waals surface area (Å²) < 4.78 is 11.2. The fourth-order valence-electron chi connectivity index (χ4n) is 2.56. The molecule has 0 radical (unpaired) electrons. The Morgan fingerprint density at radius 3 is 1.50 bits per heavy atom. The minimum Gasteiger partial charge on any atom is -0.377 e. The molecule has 0 aliphatic heterocycles. The summed E-state index contributed by atoms with van der Waals surface area (Å²) >= 11 is 0. The van der Waals surface area contributed by atoms with Crippen molar-refractivity contribution in [1.29, 1.82) is 0 Å². The first kappa shape index (κ1) is 17.2. The van der Waals surface area contributed by atoms with Gasteiger partial charge in [-0.25, -0.2) is 0 Å². The van der Waals surface area contributed by atoms with E-state index in [2.05, 4.69) is 52.8 Å². The predicted octanol–water partition coefficient (Wildman–Crippen LogP) is 5.18. The van der Waals surface area contributed by atoms with Crippen molar-refractivity contribution in [2.75, 3.05) is 14.2 Å². The lowest BCUT2D eigenvalue weighted by atomic mass is 9.83. The Morgan fingerprint density at radius 1 is 0.850 bits per heavy atom. The van der Waals surface area contributed by atoms with E-state index in [-0.39, 0.29) is 17.6 Å². The Bertz CT molecular complexity index is 380. The summed E-state index contributed by atoms with van der Waals surface area (Å²) in [6, 6.07) is 6.80. The van der Waals surface area contributed by atoms with Gasteiger partial charge in [-0.15, -0.1) is 0 Å². The molecule has 0 saturated heterocycles. The lowest BCUT2D eigenvalue weighted by Gasteiger charge is -2.25. The van der Waals surface area contributed by atoms with Gasteiger partial charge in [0.25, 0.3) is 0 Å². The van der Waals surface area contributed by atoms with Crippen molar-refractivity contribution in [3.8, 4) is 0 Å². The van der Waals surface area contributed by atoms with E-state index in [9.17, 15) is 0 Å². The van der Waals surface area contributed by atoms with E-state index in [0.717, 1.165) is 12.8 Å². The van der Waals surface area contributed by atoms with Crippen molar-refractivity contribution in [3.05, 3.63) is 34.9 Å². The summed E-state index contributed by atoms with van der Waals surface area (Å²) in [6.45, 7) is 11.1. The number of ether oxygens (including phenoxy) is 2. The van der Waals surface area contributed by atoms with Crippen LogP contribution in [-0.2, 0) is 14.9 Å². The normalized spacial score (nSPS) is 15.2. The zero-order valence-electron chi connectivity index (χ0n) is 14.1. The van der Waals surface area contributed by atoms with Crippen LogP contribution in [0.4, 0.5) is 0 Å². The van der Waals surface area contributed by atoms with E-state index in [1.807, 2.05) is 0 Å². The Labute approximate surface area is 124 Å². The molecule has 0 aromatic heterocycles. The lowest BCUT2D eigenvalue weighted by Crippen LogP contribution is -2.14. The second-order valence-corrected chi connectivity index (χ2v) is 6.40. The van der Waals surface area contributed by atoms with E-state index >= 15 is 0 Å². The van der Waals surface area contributed by atoms with Crippen LogP contribution in [0, 0.1) is 0 Å². The quantitative estimate of drug-likeness (QED) is 0.714. The molecule has 2 heteroatoms. The molecule has 0 heterocycles. The van der Waals surface area contributed by atoms with E-state index in [1.54, 1.807) is 14.2 Å². The van der Waals surface area contributed by atoms with Gasteiger partial charge in [0.05, 0.1) is 12.2 Å². The summed E-state index contributed by atoms with van der Waals surface area (Å²) in [6.07, 6.45) is 2.27. The zero-order valence-corrected chi connectivity index (χ0v) is 14.1. The topological polar surface area (TPSA) is 18.5 Å². The smallest absolute Gasteiger partial charge is 0.0818 e. The van der Waals surface area contributed by atoms with Crippen LogP contribution in [0.15, 0.2) is 18.2 Å². The minimum atomic E-state index is 0.128. The zero-order chi connectivity index (χ0) is 15.3. The average molecular weight is 278 g/mol. The molecule has 2 unspecified atom stereocenters. The van der Waals surface area contributed by atoms with Crippen molar-refractivity contribution >= 4 is 0 Å². The van der Waals surface area contributed by atoms with E-state index in [1.165, 1.54) is 16.7 Å². The van der Waals surface area contributed by atoms with Gasteiger partial charge in [-0.3, -0.25) is 0 Å². The summed E-state index contributed by atoms with van der Waals surface area (Å²) in [5.74, 6) is 0. The highest BCUT2D eigenvalue weighted by molar-refractivity contribution is 5.36. The maximum Gasteiger partial charge on any atom is 0.0818 e. The molecule has 0 bridgehead atoms. The second-order valence-electron chi connectivity index (χ2n) is 6.40. The maximum absolute atomic E-state index is 5.61. The van der Waals surface area contributed by atoms with Gasteiger partial charge in [0.2, 0.25) is 0 Å². The molecule has 20 heavy (non-hydrogen) atoms. The van der Waals surface area contributed by atoms with Crippen molar-refractivity contribution in [2.24, 2.45) is 0 Å². The molecule has 0 amide bonds. The first-order chi connectivity index (χ1) is 9.37. The third kappa shape index (κ3) is 4.07. The van der Waals surface area contributed by atoms with Crippen LogP contribution in [0.1, 0.15) is 76.4 Å². The van der Waals surface area contributed by atoms with Gasteiger partial charge in [0.15, 0.2) is 0 Å². The average Bonchev–Trinajstić information content (AvgIpc) is 2.40. The van der Waals surface area contributed by atoms with Crippen molar-refractivity contribution < 1.29 is 9.47 Å². The van der Waals surface area contributed by atoms with Crippen molar-refractivity contribution in [3.63, 3.8) is 0 Å². The van der Waals surface area contributed by atoms with Gasteiger partial charge in [-0.2, -0.15) is 0 Å². The first-order valence-corrected chi connectivity index (χ1v) is 7.58. The van der Waals surface area contributed by atoms with Crippen LogP contribution in [0.5, 0.6) is 0 Å². The molecular weight excluding hydrogens is 248 g/mol. The van der Waals surface area contributed by atoms with Crippen molar-refractivity contribution in [1.82, 2.24) is 0 Å². The third-order valence-corrected chi connectivity index (χ3v) is 3.90. The molecule has 0 saturated carbocycles. The minimum absolute atomic E-state index is 0.128. The number of methoxy groups -OCH3 is 2. The second kappa shape index (κ2) is 7.24. The van der Waals surface area contributed by atoms with Gasteiger partial charge in [-0.05, 0) is 34.9 Å². The molecular formula is C18H30O2. The highest BCUT2D eigenvalue weighted by Crippen LogP contribution is 2.32. The molecule has 2 nitrogen and oxygen atoms in total. The number of rotatable bonds is 6. The molecule has 1 rings (SSSR count). The van der Waals surface area contributed by atoms with Crippen LogP contribution in [-0.4, -0.2) is 14.2 Å². The highest BCUT2D eigenvalue weighted by atomic mass is 16.5. The molecule has 114 valence electrons. The Hall–Kier alpha value is -0.860. The first-order valence-electron chi connectivity index (χ1n) is 7.58. The van der Waals surface area contributed by atoms with Crippen molar-refractivity contribution in [2.45, 2.75) is 65.1 Å². The summed E-state index contributed by atoms with van der Waals surface area (Å²) in [5, 5.41) is 0. The molecule has 0 aliphatic rings. The SMILES string of the molecule is CCC(OC)c1cc(C(CC)OC)cc(C(C)(C)C)c1. The van der Waals surface area contributed by atoms with Crippen LogP contribution in [0.2, 0.25) is 0 Å². The van der Waals surface area contributed by atoms with E-state index in [4.69, 9.17) is 9.47 Å².